The fraction of sp³-hybridized carbons (Fsp3) is 0.333. The molecule has 0 saturated carbocycles. The van der Waals surface area contributed by atoms with Crippen molar-refractivity contribution in [3.63, 3.8) is 0 Å². The minimum atomic E-state index is -0.0709. The number of nitrogens with zero attached hydrogens (tertiary/aromatic N) is 3. The zero-order valence-corrected chi connectivity index (χ0v) is 18.7. The lowest BCUT2D eigenvalue weighted by Gasteiger charge is -2.27. The molecule has 0 aliphatic carbocycles. The summed E-state index contributed by atoms with van der Waals surface area (Å²) in [6.07, 6.45) is 1.81. The van der Waals surface area contributed by atoms with Crippen molar-refractivity contribution in [2.75, 3.05) is 13.2 Å². The van der Waals surface area contributed by atoms with Gasteiger partial charge in [-0.2, -0.15) is 0 Å². The molecule has 3 heterocycles. The molecule has 4 rings (SSSR count). The van der Waals surface area contributed by atoms with Crippen LogP contribution in [0.2, 0.25) is 0 Å². The van der Waals surface area contributed by atoms with Crippen LogP contribution in [0, 0.1) is 27.7 Å². The van der Waals surface area contributed by atoms with Gasteiger partial charge in [0, 0.05) is 29.8 Å². The molecule has 2 aromatic heterocycles. The lowest BCUT2D eigenvalue weighted by Crippen LogP contribution is -2.32. The first-order chi connectivity index (χ1) is 14.4. The first kappa shape index (κ1) is 20.6. The van der Waals surface area contributed by atoms with Gasteiger partial charge in [0.1, 0.15) is 0 Å². The highest BCUT2D eigenvalue weighted by Crippen LogP contribution is 2.41. The molecule has 1 saturated heterocycles. The number of aliphatic hydroxyl groups is 1. The predicted molar refractivity (Wildman–Crippen MR) is 124 cm³/mol. The summed E-state index contributed by atoms with van der Waals surface area (Å²) in [4.78, 5) is 6.67. The molecule has 2 N–H and O–H groups in total. The van der Waals surface area contributed by atoms with Crippen LogP contribution in [0.4, 0.5) is 0 Å². The van der Waals surface area contributed by atoms with Crippen molar-refractivity contribution in [1.82, 2.24) is 19.8 Å². The number of nitrogens with one attached hydrogen (secondary N) is 1. The molecule has 156 valence electrons. The van der Waals surface area contributed by atoms with Crippen molar-refractivity contribution in [3.05, 3.63) is 82.4 Å². The average Bonchev–Trinajstić information content (AvgIpc) is 3.18. The van der Waals surface area contributed by atoms with E-state index in [1.165, 1.54) is 33.8 Å². The molecule has 0 spiro atoms. The summed E-state index contributed by atoms with van der Waals surface area (Å²) in [6, 6.07) is 14.7. The Balaban J connectivity index is 1.85. The first-order valence-corrected chi connectivity index (χ1v) is 10.7. The van der Waals surface area contributed by atoms with Crippen molar-refractivity contribution in [1.29, 1.82) is 0 Å². The van der Waals surface area contributed by atoms with Crippen molar-refractivity contribution in [2.45, 2.75) is 39.8 Å². The molecule has 6 heteroatoms. The van der Waals surface area contributed by atoms with Gasteiger partial charge in [0.2, 0.25) is 0 Å². The number of β-amino-alcohol motifs (C(OH)–C–C–N with tert-alkyl or cyclic N) is 1. The molecule has 2 atom stereocenters. The van der Waals surface area contributed by atoms with Crippen molar-refractivity contribution in [2.24, 2.45) is 0 Å². The number of aliphatic hydroxyl groups excluding tert-OH is 1. The second-order valence-corrected chi connectivity index (χ2v) is 8.44. The maximum absolute atomic E-state index is 9.68. The van der Waals surface area contributed by atoms with Crippen LogP contribution >= 0.6 is 12.2 Å². The van der Waals surface area contributed by atoms with E-state index in [0.29, 0.717) is 11.7 Å². The Morgan fingerprint density at radius 1 is 1.07 bits per heavy atom. The predicted octanol–water partition coefficient (Wildman–Crippen LogP) is 4.07. The van der Waals surface area contributed by atoms with E-state index in [1.54, 1.807) is 0 Å². The van der Waals surface area contributed by atoms with Crippen LogP contribution in [0.15, 0.2) is 48.7 Å². The van der Waals surface area contributed by atoms with Crippen LogP contribution in [0.25, 0.3) is 5.69 Å². The first-order valence-electron chi connectivity index (χ1n) is 10.3. The van der Waals surface area contributed by atoms with E-state index in [-0.39, 0.29) is 18.7 Å². The van der Waals surface area contributed by atoms with Crippen LogP contribution in [-0.2, 0) is 0 Å². The summed E-state index contributed by atoms with van der Waals surface area (Å²) < 4.78 is 2.31. The quantitative estimate of drug-likeness (QED) is 0.610. The summed E-state index contributed by atoms with van der Waals surface area (Å²) in [5, 5.41) is 13.8. The van der Waals surface area contributed by atoms with E-state index in [0.717, 1.165) is 5.69 Å². The molecule has 1 aromatic carbocycles. The van der Waals surface area contributed by atoms with Crippen molar-refractivity contribution < 1.29 is 5.11 Å². The summed E-state index contributed by atoms with van der Waals surface area (Å²) in [6.45, 7) is 9.08. The fourth-order valence-electron chi connectivity index (χ4n) is 4.66. The molecule has 5 nitrogen and oxygen atoms in total. The van der Waals surface area contributed by atoms with E-state index in [1.807, 2.05) is 24.4 Å². The van der Waals surface area contributed by atoms with Gasteiger partial charge in [0.15, 0.2) is 5.11 Å². The Kier molecular flexibility index (Phi) is 5.62. The van der Waals surface area contributed by atoms with Gasteiger partial charge in [-0.1, -0.05) is 12.1 Å². The van der Waals surface area contributed by atoms with Gasteiger partial charge in [-0.25, -0.2) is 0 Å². The highest BCUT2D eigenvalue weighted by Gasteiger charge is 2.41. The standard InChI is InChI=1S/C24H28N4OS/c1-15-11-16(2)13-19(12-15)28-17(3)14-20(18(28)4)23-22(21-7-5-6-8-25-21)26-24(30)27(23)9-10-29/h5-8,11-14,22-23,29H,9-10H2,1-4H3,(H,26,30)/t22-,23-/m1/s1. The maximum Gasteiger partial charge on any atom is 0.170 e. The van der Waals surface area contributed by atoms with Gasteiger partial charge < -0.3 is 19.9 Å². The van der Waals surface area contributed by atoms with Crippen molar-refractivity contribution >= 4 is 17.3 Å². The van der Waals surface area contributed by atoms with E-state index in [4.69, 9.17) is 12.2 Å². The third kappa shape index (κ3) is 3.61. The Bertz CT molecular complexity index is 1060. The van der Waals surface area contributed by atoms with E-state index >= 15 is 0 Å². The topological polar surface area (TPSA) is 53.3 Å². The Labute approximate surface area is 183 Å². The number of pyridine rings is 1. The minimum absolute atomic E-state index is 0.0367. The molecular formula is C24H28N4OS. The number of benzene rings is 1. The summed E-state index contributed by atoms with van der Waals surface area (Å²) >= 11 is 5.64. The SMILES string of the molecule is Cc1cc(C)cc(-n2c(C)cc([C@@H]3[C@@H](c4ccccn4)NC(=S)N3CCO)c2C)c1. The molecule has 0 unspecified atom stereocenters. The van der Waals surface area contributed by atoms with Crippen LogP contribution in [-0.4, -0.2) is 37.8 Å². The zero-order valence-electron chi connectivity index (χ0n) is 17.9. The lowest BCUT2D eigenvalue weighted by atomic mass is 9.97. The number of aryl methyl sites for hydroxylation is 3. The number of aromatic nitrogens is 2. The summed E-state index contributed by atoms with van der Waals surface area (Å²) in [5.41, 5.74) is 8.16. The van der Waals surface area contributed by atoms with Gasteiger partial charge in [-0.15, -0.1) is 0 Å². The smallest absolute Gasteiger partial charge is 0.170 e. The Morgan fingerprint density at radius 2 is 1.80 bits per heavy atom. The fourth-order valence-corrected chi connectivity index (χ4v) is 4.99. The maximum atomic E-state index is 9.68. The Morgan fingerprint density at radius 3 is 2.43 bits per heavy atom. The van der Waals surface area contributed by atoms with Gasteiger partial charge in [-0.3, -0.25) is 4.98 Å². The number of hydrogen-bond donors (Lipinski definition) is 2. The molecule has 30 heavy (non-hydrogen) atoms. The van der Waals surface area contributed by atoms with Crippen molar-refractivity contribution in [3.8, 4) is 5.69 Å². The monoisotopic (exact) mass is 420 g/mol. The molecule has 0 amide bonds. The molecular weight excluding hydrogens is 392 g/mol. The van der Waals surface area contributed by atoms with E-state index in [2.05, 4.69) is 71.7 Å². The summed E-state index contributed by atoms with van der Waals surface area (Å²) in [7, 11) is 0. The highest BCUT2D eigenvalue weighted by atomic mass is 32.1. The zero-order chi connectivity index (χ0) is 21.4. The average molecular weight is 421 g/mol. The van der Waals surface area contributed by atoms with E-state index in [9.17, 15) is 5.11 Å². The molecule has 3 aromatic rings. The number of rotatable bonds is 5. The van der Waals surface area contributed by atoms with E-state index < -0.39 is 0 Å². The molecule has 0 bridgehead atoms. The van der Waals surface area contributed by atoms with Gasteiger partial charge in [0.25, 0.3) is 0 Å². The highest BCUT2D eigenvalue weighted by molar-refractivity contribution is 7.80. The minimum Gasteiger partial charge on any atom is -0.395 e. The summed E-state index contributed by atoms with van der Waals surface area (Å²) in [5.74, 6) is 0. The largest absolute Gasteiger partial charge is 0.395 e. The van der Waals surface area contributed by atoms with Gasteiger partial charge in [-0.05, 0) is 86.9 Å². The van der Waals surface area contributed by atoms with Gasteiger partial charge in [0.05, 0.1) is 24.4 Å². The van der Waals surface area contributed by atoms with Crippen LogP contribution < -0.4 is 5.32 Å². The number of hydrogen-bond acceptors (Lipinski definition) is 3. The molecule has 1 aliphatic heterocycles. The Hall–Kier alpha value is -2.70. The molecule has 0 radical (unpaired) electrons. The second kappa shape index (κ2) is 8.20. The van der Waals surface area contributed by atoms with Crippen LogP contribution in [0.3, 0.4) is 0 Å². The second-order valence-electron chi connectivity index (χ2n) is 8.05. The van der Waals surface area contributed by atoms with Crippen LogP contribution in [0.5, 0.6) is 0 Å². The lowest BCUT2D eigenvalue weighted by molar-refractivity contribution is 0.223. The third-order valence-electron chi connectivity index (χ3n) is 5.79. The van der Waals surface area contributed by atoms with Crippen LogP contribution in [0.1, 0.15) is 45.9 Å². The number of thiocarbonyl (C=S) groups is 1. The van der Waals surface area contributed by atoms with Gasteiger partial charge >= 0.3 is 0 Å². The molecule has 1 fully saturated rings. The normalized spacial score (nSPS) is 18.7. The molecule has 1 aliphatic rings. The third-order valence-corrected chi connectivity index (χ3v) is 6.14.